The van der Waals surface area contributed by atoms with Gasteiger partial charge in [0.1, 0.15) is 0 Å². The molecule has 56 valence electrons. The first-order valence-corrected chi connectivity index (χ1v) is 3.38. The van der Waals surface area contributed by atoms with E-state index < -0.39 is 0 Å². The zero-order valence-electron chi connectivity index (χ0n) is 6.57. The van der Waals surface area contributed by atoms with Gasteiger partial charge in [0.25, 0.3) is 0 Å². The van der Waals surface area contributed by atoms with Crippen LogP contribution in [-0.4, -0.2) is 25.3 Å². The molecule has 0 spiro atoms. The van der Waals surface area contributed by atoms with Gasteiger partial charge < -0.3 is 10.4 Å². The lowest BCUT2D eigenvalue weighted by Gasteiger charge is -2.20. The van der Waals surface area contributed by atoms with Gasteiger partial charge in [-0.25, -0.2) is 0 Å². The minimum atomic E-state index is 0.0863. The van der Waals surface area contributed by atoms with E-state index in [9.17, 15) is 0 Å². The molecule has 0 unspecified atom stereocenters. The van der Waals surface area contributed by atoms with Gasteiger partial charge in [-0.1, -0.05) is 13.8 Å². The molecule has 0 saturated carbocycles. The predicted octanol–water partition coefficient (Wildman–Crippen LogP) is 0.614. The molecule has 2 nitrogen and oxygen atoms in total. The van der Waals surface area contributed by atoms with E-state index in [1.807, 2.05) is 7.05 Å². The Morgan fingerprint density at radius 1 is 1.44 bits per heavy atom. The molecule has 0 heterocycles. The highest BCUT2D eigenvalue weighted by molar-refractivity contribution is 4.66. The van der Waals surface area contributed by atoms with E-state index in [0.29, 0.717) is 0 Å². The molecule has 0 aliphatic rings. The Bertz CT molecular complexity index is 71.3. The van der Waals surface area contributed by atoms with Gasteiger partial charge in [-0.2, -0.15) is 0 Å². The summed E-state index contributed by atoms with van der Waals surface area (Å²) >= 11 is 0. The largest absolute Gasteiger partial charge is 0.396 e. The Balaban J connectivity index is 3.33. The molecule has 0 aromatic rings. The molecule has 2 heteroatoms. The van der Waals surface area contributed by atoms with Crippen LogP contribution in [0.3, 0.4) is 0 Å². The van der Waals surface area contributed by atoms with Crippen LogP contribution in [0.4, 0.5) is 0 Å². The van der Waals surface area contributed by atoms with E-state index >= 15 is 0 Å². The van der Waals surface area contributed by atoms with Crippen molar-refractivity contribution >= 4 is 0 Å². The summed E-state index contributed by atoms with van der Waals surface area (Å²) < 4.78 is 0. The van der Waals surface area contributed by atoms with Gasteiger partial charge >= 0.3 is 0 Å². The maximum atomic E-state index is 8.79. The smallest absolute Gasteiger partial charge is 0.0482 e. The van der Waals surface area contributed by atoms with Crippen molar-refractivity contribution in [1.82, 2.24) is 5.32 Å². The summed E-state index contributed by atoms with van der Waals surface area (Å²) in [7, 11) is 1.92. The first-order chi connectivity index (χ1) is 4.12. The fourth-order valence-corrected chi connectivity index (χ4v) is 0.542. The fraction of sp³-hybridized carbons (Fsp3) is 1.00. The molecule has 0 amide bonds. The van der Waals surface area contributed by atoms with E-state index in [2.05, 4.69) is 19.2 Å². The van der Waals surface area contributed by atoms with Gasteiger partial charge in [0, 0.05) is 6.61 Å². The molecule has 0 rings (SSSR count). The van der Waals surface area contributed by atoms with Crippen LogP contribution in [0.2, 0.25) is 0 Å². The predicted molar refractivity (Wildman–Crippen MR) is 39.4 cm³/mol. The van der Waals surface area contributed by atoms with E-state index in [1.165, 1.54) is 0 Å². The molecule has 0 saturated heterocycles. The highest BCUT2D eigenvalue weighted by Gasteiger charge is 2.14. The number of hydrogen-bond acceptors (Lipinski definition) is 2. The highest BCUT2D eigenvalue weighted by Crippen LogP contribution is 2.17. The average Bonchev–Trinajstić information content (AvgIpc) is 1.84. The standard InChI is InChI=1S/C7H17NO/c1-7(2,6-9)4-5-8-3/h8-9H,4-6H2,1-3H3. The summed E-state index contributed by atoms with van der Waals surface area (Å²) in [6, 6.07) is 0. The molecule has 0 aliphatic carbocycles. The lowest BCUT2D eigenvalue weighted by atomic mass is 9.91. The van der Waals surface area contributed by atoms with Crippen molar-refractivity contribution in [2.75, 3.05) is 20.2 Å². The Kier molecular flexibility index (Phi) is 3.82. The van der Waals surface area contributed by atoms with Crippen molar-refractivity contribution in [2.24, 2.45) is 5.41 Å². The topological polar surface area (TPSA) is 32.3 Å². The summed E-state index contributed by atoms with van der Waals surface area (Å²) in [6.45, 7) is 5.37. The molecule has 0 bridgehead atoms. The van der Waals surface area contributed by atoms with Gasteiger partial charge in [0.2, 0.25) is 0 Å². The Hall–Kier alpha value is -0.0800. The van der Waals surface area contributed by atoms with Crippen LogP contribution in [0, 0.1) is 5.41 Å². The van der Waals surface area contributed by atoms with Crippen molar-refractivity contribution in [3.05, 3.63) is 0 Å². The molecular formula is C7H17NO. The van der Waals surface area contributed by atoms with Gasteiger partial charge in [-0.05, 0) is 25.4 Å². The van der Waals surface area contributed by atoms with Gasteiger partial charge in [0.05, 0.1) is 0 Å². The maximum absolute atomic E-state index is 8.79. The molecule has 0 aromatic heterocycles. The zero-order valence-corrected chi connectivity index (χ0v) is 6.57. The number of nitrogens with one attached hydrogen (secondary N) is 1. The molecule has 0 aliphatic heterocycles. The molecule has 0 radical (unpaired) electrons. The summed E-state index contributed by atoms with van der Waals surface area (Å²) in [5.74, 6) is 0. The van der Waals surface area contributed by atoms with Crippen LogP contribution >= 0.6 is 0 Å². The van der Waals surface area contributed by atoms with Crippen LogP contribution < -0.4 is 5.32 Å². The van der Waals surface area contributed by atoms with Crippen LogP contribution in [-0.2, 0) is 0 Å². The highest BCUT2D eigenvalue weighted by atomic mass is 16.3. The molecule has 0 aromatic carbocycles. The normalized spacial score (nSPS) is 12.0. The van der Waals surface area contributed by atoms with Crippen LogP contribution in [0.15, 0.2) is 0 Å². The second kappa shape index (κ2) is 3.85. The average molecular weight is 131 g/mol. The Labute approximate surface area is 57.3 Å². The van der Waals surface area contributed by atoms with Crippen molar-refractivity contribution in [3.63, 3.8) is 0 Å². The Morgan fingerprint density at radius 2 is 2.00 bits per heavy atom. The van der Waals surface area contributed by atoms with Gasteiger partial charge in [-0.3, -0.25) is 0 Å². The van der Waals surface area contributed by atoms with Crippen molar-refractivity contribution < 1.29 is 5.11 Å². The Morgan fingerprint density at radius 3 is 2.33 bits per heavy atom. The SMILES string of the molecule is CNCCC(C)(C)CO. The third kappa shape index (κ3) is 4.43. The first-order valence-electron chi connectivity index (χ1n) is 3.38. The van der Waals surface area contributed by atoms with Crippen molar-refractivity contribution in [1.29, 1.82) is 0 Å². The minimum Gasteiger partial charge on any atom is -0.396 e. The third-order valence-corrected chi connectivity index (χ3v) is 1.48. The van der Waals surface area contributed by atoms with Crippen molar-refractivity contribution in [3.8, 4) is 0 Å². The number of rotatable bonds is 4. The first kappa shape index (κ1) is 8.92. The lowest BCUT2D eigenvalue weighted by Crippen LogP contribution is -2.22. The summed E-state index contributed by atoms with van der Waals surface area (Å²) in [4.78, 5) is 0. The summed E-state index contributed by atoms with van der Waals surface area (Å²) in [5.41, 5.74) is 0.0863. The van der Waals surface area contributed by atoms with E-state index in [4.69, 9.17) is 5.11 Å². The monoisotopic (exact) mass is 131 g/mol. The molecular weight excluding hydrogens is 114 g/mol. The third-order valence-electron chi connectivity index (χ3n) is 1.48. The van der Waals surface area contributed by atoms with Crippen LogP contribution in [0.5, 0.6) is 0 Å². The number of aliphatic hydroxyl groups is 1. The van der Waals surface area contributed by atoms with E-state index in [1.54, 1.807) is 0 Å². The minimum absolute atomic E-state index is 0.0863. The van der Waals surface area contributed by atoms with E-state index in [-0.39, 0.29) is 12.0 Å². The molecule has 9 heavy (non-hydrogen) atoms. The van der Waals surface area contributed by atoms with Gasteiger partial charge in [0.15, 0.2) is 0 Å². The number of hydrogen-bond donors (Lipinski definition) is 2. The fourth-order valence-electron chi connectivity index (χ4n) is 0.542. The van der Waals surface area contributed by atoms with Crippen molar-refractivity contribution in [2.45, 2.75) is 20.3 Å². The maximum Gasteiger partial charge on any atom is 0.0482 e. The van der Waals surface area contributed by atoms with Gasteiger partial charge in [-0.15, -0.1) is 0 Å². The summed E-state index contributed by atoms with van der Waals surface area (Å²) in [6.07, 6.45) is 1.03. The lowest BCUT2D eigenvalue weighted by molar-refractivity contribution is 0.150. The quantitative estimate of drug-likeness (QED) is 0.586. The molecule has 2 N–H and O–H groups in total. The molecule has 0 atom stereocenters. The van der Waals surface area contributed by atoms with Crippen LogP contribution in [0.1, 0.15) is 20.3 Å². The van der Waals surface area contributed by atoms with E-state index in [0.717, 1.165) is 13.0 Å². The van der Waals surface area contributed by atoms with Crippen LogP contribution in [0.25, 0.3) is 0 Å². The zero-order chi connectivity index (χ0) is 7.33. The molecule has 0 fully saturated rings. The summed E-state index contributed by atoms with van der Waals surface area (Å²) in [5, 5.41) is 11.8. The second-order valence-corrected chi connectivity index (χ2v) is 3.18. The second-order valence-electron chi connectivity index (χ2n) is 3.18. The number of aliphatic hydroxyl groups excluding tert-OH is 1.